The Balaban J connectivity index is 1.68. The Hall–Kier alpha value is -3.71. The van der Waals surface area contributed by atoms with Crippen LogP contribution in [0.1, 0.15) is 11.1 Å². The molecule has 4 rings (SSSR count). The van der Waals surface area contributed by atoms with Gasteiger partial charge in [0.15, 0.2) is 16.7 Å². The smallest absolute Gasteiger partial charge is 0.267 e. The van der Waals surface area contributed by atoms with Crippen molar-refractivity contribution in [2.45, 2.75) is 6.54 Å². The summed E-state index contributed by atoms with van der Waals surface area (Å²) >= 11 is 1.36. The highest BCUT2D eigenvalue weighted by Crippen LogP contribution is 2.36. The number of amides is 1. The van der Waals surface area contributed by atoms with Crippen molar-refractivity contribution in [3.05, 3.63) is 88.8 Å². The van der Waals surface area contributed by atoms with Gasteiger partial charge < -0.3 is 14.2 Å². The predicted octanol–water partition coefficient (Wildman–Crippen LogP) is 5.52. The number of benzene rings is 3. The van der Waals surface area contributed by atoms with Crippen molar-refractivity contribution in [3.8, 4) is 17.2 Å². The number of hydrogen-bond donors (Lipinski definition) is 0. The van der Waals surface area contributed by atoms with Gasteiger partial charge >= 0.3 is 0 Å². The maximum atomic E-state index is 13.4. The maximum absolute atomic E-state index is 13.4. The van der Waals surface area contributed by atoms with E-state index in [1.807, 2.05) is 78.9 Å². The van der Waals surface area contributed by atoms with E-state index in [1.54, 1.807) is 26.2 Å². The second kappa shape index (κ2) is 10.3. The predicted molar refractivity (Wildman–Crippen MR) is 132 cm³/mol. The molecular formula is C26H24N2O4S. The van der Waals surface area contributed by atoms with Gasteiger partial charge in [0.2, 0.25) is 0 Å². The monoisotopic (exact) mass is 460 g/mol. The fourth-order valence-electron chi connectivity index (χ4n) is 3.35. The third-order valence-corrected chi connectivity index (χ3v) is 6.08. The molecule has 0 unspecified atom stereocenters. The van der Waals surface area contributed by atoms with E-state index in [1.165, 1.54) is 11.8 Å². The van der Waals surface area contributed by atoms with Gasteiger partial charge in [-0.3, -0.25) is 9.69 Å². The van der Waals surface area contributed by atoms with Crippen molar-refractivity contribution in [1.82, 2.24) is 4.90 Å². The second-order valence-corrected chi connectivity index (χ2v) is 8.20. The molecule has 0 aliphatic carbocycles. The van der Waals surface area contributed by atoms with Gasteiger partial charge in [-0.1, -0.05) is 36.4 Å². The van der Waals surface area contributed by atoms with Crippen LogP contribution in [0.4, 0.5) is 5.69 Å². The van der Waals surface area contributed by atoms with E-state index in [9.17, 15) is 4.79 Å². The minimum Gasteiger partial charge on any atom is -0.497 e. The molecule has 6 nitrogen and oxygen atoms in total. The zero-order valence-electron chi connectivity index (χ0n) is 18.6. The van der Waals surface area contributed by atoms with Crippen LogP contribution in [0.5, 0.6) is 17.2 Å². The van der Waals surface area contributed by atoms with Crippen molar-refractivity contribution in [1.29, 1.82) is 0 Å². The van der Waals surface area contributed by atoms with Gasteiger partial charge in [-0.25, -0.2) is 4.99 Å². The van der Waals surface area contributed by atoms with Crippen LogP contribution in [-0.2, 0) is 11.3 Å². The number of nitrogens with zero attached hydrogens (tertiary/aromatic N) is 2. The van der Waals surface area contributed by atoms with Crippen LogP contribution in [0.15, 0.2) is 82.7 Å². The van der Waals surface area contributed by atoms with Crippen LogP contribution in [0.2, 0.25) is 0 Å². The minimum absolute atomic E-state index is 0.0970. The van der Waals surface area contributed by atoms with Gasteiger partial charge in [0, 0.05) is 0 Å². The third-order valence-electron chi connectivity index (χ3n) is 5.07. The molecule has 0 spiro atoms. The SMILES string of the molecule is COc1ccc(CN2C(=O)/C(=C/c3ccc(OC)c(OC)c3)SC2=Nc2ccccc2)cc1. The summed E-state index contributed by atoms with van der Waals surface area (Å²) in [4.78, 5) is 20.4. The number of rotatable bonds is 7. The number of methoxy groups -OCH3 is 3. The summed E-state index contributed by atoms with van der Waals surface area (Å²) in [6, 6.07) is 22.9. The van der Waals surface area contributed by atoms with Crippen LogP contribution in [0.3, 0.4) is 0 Å². The molecule has 0 saturated carbocycles. The summed E-state index contributed by atoms with van der Waals surface area (Å²) in [6.45, 7) is 0.408. The standard InChI is InChI=1S/C26H24N2O4S/c1-30-21-12-9-18(10-13-21)17-28-25(29)24(33-26(28)27-20-7-5-4-6-8-20)16-19-11-14-22(31-2)23(15-19)32-3/h4-16H,17H2,1-3H3/b24-16-,27-26?. The fraction of sp³-hybridized carbons (Fsp3) is 0.154. The first-order valence-corrected chi connectivity index (χ1v) is 11.1. The molecule has 1 aliphatic rings. The summed E-state index contributed by atoms with van der Waals surface area (Å²) in [5.41, 5.74) is 2.62. The molecule has 7 heteroatoms. The van der Waals surface area contributed by atoms with Crippen molar-refractivity contribution >= 4 is 34.6 Å². The van der Waals surface area contributed by atoms with Crippen LogP contribution >= 0.6 is 11.8 Å². The number of aliphatic imine (C=N–C) groups is 1. The quantitative estimate of drug-likeness (QED) is 0.435. The van der Waals surface area contributed by atoms with Gasteiger partial charge in [-0.15, -0.1) is 0 Å². The zero-order chi connectivity index (χ0) is 23.2. The van der Waals surface area contributed by atoms with Crippen molar-refractivity contribution in [3.63, 3.8) is 0 Å². The van der Waals surface area contributed by atoms with Gasteiger partial charge in [0.1, 0.15) is 5.75 Å². The molecule has 168 valence electrons. The molecule has 1 fully saturated rings. The van der Waals surface area contributed by atoms with Crippen molar-refractivity contribution in [2.24, 2.45) is 4.99 Å². The third kappa shape index (κ3) is 5.21. The van der Waals surface area contributed by atoms with Crippen LogP contribution in [-0.4, -0.2) is 37.3 Å². The minimum atomic E-state index is -0.0970. The summed E-state index contributed by atoms with van der Waals surface area (Å²) < 4.78 is 16.0. The summed E-state index contributed by atoms with van der Waals surface area (Å²) in [7, 11) is 4.81. The number of para-hydroxylation sites is 1. The maximum Gasteiger partial charge on any atom is 0.267 e. The molecule has 1 saturated heterocycles. The number of ether oxygens (including phenoxy) is 3. The summed E-state index contributed by atoms with van der Waals surface area (Å²) in [6.07, 6.45) is 1.85. The molecule has 0 atom stereocenters. The van der Waals surface area contributed by atoms with Gasteiger partial charge in [0.25, 0.3) is 5.91 Å². The van der Waals surface area contributed by atoms with E-state index in [2.05, 4.69) is 0 Å². The zero-order valence-corrected chi connectivity index (χ0v) is 19.5. The molecule has 1 heterocycles. The Morgan fingerprint density at radius 1 is 0.879 bits per heavy atom. The average molecular weight is 461 g/mol. The van der Waals surface area contributed by atoms with Gasteiger partial charge in [-0.05, 0) is 65.4 Å². The topological polar surface area (TPSA) is 60.4 Å². The molecular weight excluding hydrogens is 436 g/mol. The molecule has 3 aromatic carbocycles. The Labute approximate surface area is 197 Å². The van der Waals surface area contributed by atoms with E-state index in [0.29, 0.717) is 28.1 Å². The first-order chi connectivity index (χ1) is 16.1. The van der Waals surface area contributed by atoms with E-state index < -0.39 is 0 Å². The number of amidine groups is 1. The lowest BCUT2D eigenvalue weighted by molar-refractivity contribution is -0.122. The first kappa shape index (κ1) is 22.5. The van der Waals surface area contributed by atoms with Crippen LogP contribution < -0.4 is 14.2 Å². The number of thioether (sulfide) groups is 1. The molecule has 3 aromatic rings. The van der Waals surface area contributed by atoms with Crippen LogP contribution in [0.25, 0.3) is 6.08 Å². The molecule has 0 aromatic heterocycles. The lowest BCUT2D eigenvalue weighted by Gasteiger charge is -2.16. The highest BCUT2D eigenvalue weighted by atomic mass is 32.2. The normalized spacial score (nSPS) is 15.8. The summed E-state index contributed by atoms with van der Waals surface area (Å²) in [5.74, 6) is 1.92. The summed E-state index contributed by atoms with van der Waals surface area (Å²) in [5, 5.41) is 0.633. The molecule has 0 radical (unpaired) electrons. The average Bonchev–Trinajstić information content (AvgIpc) is 3.13. The molecule has 1 amide bonds. The second-order valence-electron chi connectivity index (χ2n) is 7.19. The highest BCUT2D eigenvalue weighted by molar-refractivity contribution is 8.18. The largest absolute Gasteiger partial charge is 0.497 e. The van der Waals surface area contributed by atoms with Gasteiger partial charge in [-0.2, -0.15) is 0 Å². The Morgan fingerprint density at radius 2 is 1.61 bits per heavy atom. The number of carbonyl (C=O) groups is 1. The van der Waals surface area contributed by atoms with E-state index in [-0.39, 0.29) is 5.91 Å². The Bertz CT molecular complexity index is 1190. The van der Waals surface area contributed by atoms with Crippen molar-refractivity contribution < 1.29 is 19.0 Å². The van der Waals surface area contributed by atoms with E-state index >= 15 is 0 Å². The Kier molecular flexibility index (Phi) is 7.00. The van der Waals surface area contributed by atoms with E-state index in [4.69, 9.17) is 19.2 Å². The van der Waals surface area contributed by atoms with Crippen molar-refractivity contribution in [2.75, 3.05) is 21.3 Å². The number of carbonyl (C=O) groups excluding carboxylic acids is 1. The molecule has 1 aliphatic heterocycles. The van der Waals surface area contributed by atoms with Gasteiger partial charge in [0.05, 0.1) is 38.5 Å². The van der Waals surface area contributed by atoms with Crippen LogP contribution in [0, 0.1) is 0 Å². The number of hydrogen-bond acceptors (Lipinski definition) is 6. The molecule has 0 N–H and O–H groups in total. The Morgan fingerprint density at radius 3 is 2.27 bits per heavy atom. The lowest BCUT2D eigenvalue weighted by atomic mass is 10.1. The highest BCUT2D eigenvalue weighted by Gasteiger charge is 2.33. The van der Waals surface area contributed by atoms with E-state index in [0.717, 1.165) is 22.6 Å². The fourth-order valence-corrected chi connectivity index (χ4v) is 4.35. The first-order valence-electron chi connectivity index (χ1n) is 10.3. The molecule has 0 bridgehead atoms. The lowest BCUT2D eigenvalue weighted by Crippen LogP contribution is -2.28. The molecule has 33 heavy (non-hydrogen) atoms.